The monoisotopic (exact) mass is 408 g/mol. The highest BCUT2D eigenvalue weighted by molar-refractivity contribution is 5.76. The number of ether oxygens (including phenoxy) is 1. The second-order valence-electron chi connectivity index (χ2n) is 6.04. The molecule has 5 nitrogen and oxygen atoms in total. The molecule has 1 heterocycles. The number of benzene rings is 2. The second kappa shape index (κ2) is 9.22. The molecule has 1 aromatic heterocycles. The van der Waals surface area contributed by atoms with Crippen LogP contribution < -0.4 is 10.1 Å². The summed E-state index contributed by atoms with van der Waals surface area (Å²) in [4.78, 5) is 16.0. The third kappa shape index (κ3) is 5.81. The number of rotatable bonds is 8. The van der Waals surface area contributed by atoms with Gasteiger partial charge in [-0.3, -0.25) is 4.79 Å². The van der Waals surface area contributed by atoms with Gasteiger partial charge in [0.25, 0.3) is 0 Å². The van der Waals surface area contributed by atoms with Crippen LogP contribution in [0.5, 0.6) is 5.75 Å². The van der Waals surface area contributed by atoms with Gasteiger partial charge in [0.05, 0.1) is 11.8 Å². The van der Waals surface area contributed by atoms with Crippen LogP contribution in [0.1, 0.15) is 17.9 Å². The minimum absolute atomic E-state index is 0.0346. The first-order valence-corrected chi connectivity index (χ1v) is 8.61. The lowest BCUT2D eigenvalue weighted by Gasteiger charge is -2.07. The molecular formula is C20H16F4N2O3. The Morgan fingerprint density at radius 2 is 1.90 bits per heavy atom. The van der Waals surface area contributed by atoms with Crippen molar-refractivity contribution in [3.05, 3.63) is 71.8 Å². The fourth-order valence-electron chi connectivity index (χ4n) is 2.54. The van der Waals surface area contributed by atoms with Crippen LogP contribution in [-0.2, 0) is 17.8 Å². The first kappa shape index (κ1) is 20.4. The Bertz CT molecular complexity index is 974. The Kier molecular flexibility index (Phi) is 6.48. The van der Waals surface area contributed by atoms with E-state index in [1.807, 2.05) is 0 Å². The molecular weight excluding hydrogens is 392 g/mol. The molecule has 3 aromatic rings. The lowest BCUT2D eigenvalue weighted by atomic mass is 10.2. The number of nitrogens with zero attached hydrogens (tertiary/aromatic N) is 1. The Hall–Kier alpha value is -3.36. The molecule has 29 heavy (non-hydrogen) atoms. The van der Waals surface area contributed by atoms with Gasteiger partial charge >= 0.3 is 6.61 Å². The lowest BCUT2D eigenvalue weighted by molar-refractivity contribution is -0.121. The number of carbonyl (C=O) groups excluding carboxylic acids is 1. The normalized spacial score (nSPS) is 10.9. The Morgan fingerprint density at radius 3 is 2.59 bits per heavy atom. The summed E-state index contributed by atoms with van der Waals surface area (Å²) < 4.78 is 60.6. The van der Waals surface area contributed by atoms with Crippen LogP contribution in [0, 0.1) is 11.6 Å². The standard InChI is InChI=1S/C20H16F4N2O3/c21-13-3-6-15(16(22)9-13)17-11-26-19(29-17)8-7-18(27)25-10-12-1-4-14(5-2-12)28-20(23)24/h1-6,9,11,20H,7-8,10H2,(H,25,27). The number of oxazole rings is 1. The molecule has 0 unspecified atom stereocenters. The molecule has 0 aliphatic heterocycles. The molecule has 1 N–H and O–H groups in total. The molecule has 2 aromatic carbocycles. The van der Waals surface area contributed by atoms with Crippen molar-refractivity contribution < 1.29 is 31.5 Å². The SMILES string of the molecule is O=C(CCc1ncc(-c2ccc(F)cc2F)o1)NCc1ccc(OC(F)F)cc1. The molecule has 0 saturated heterocycles. The average Bonchev–Trinajstić information content (AvgIpc) is 3.14. The van der Waals surface area contributed by atoms with Gasteiger partial charge in [0.1, 0.15) is 17.4 Å². The van der Waals surface area contributed by atoms with E-state index in [1.54, 1.807) is 12.1 Å². The van der Waals surface area contributed by atoms with E-state index in [4.69, 9.17) is 4.42 Å². The number of aromatic nitrogens is 1. The smallest absolute Gasteiger partial charge is 0.387 e. The molecule has 0 radical (unpaired) electrons. The number of hydrogen-bond donors (Lipinski definition) is 1. The summed E-state index contributed by atoms with van der Waals surface area (Å²) in [6.07, 6.45) is 1.58. The van der Waals surface area contributed by atoms with Gasteiger partial charge in [0, 0.05) is 25.5 Å². The van der Waals surface area contributed by atoms with Crippen molar-refractivity contribution in [2.24, 2.45) is 0 Å². The van der Waals surface area contributed by atoms with Crippen LogP contribution in [0.2, 0.25) is 0 Å². The van der Waals surface area contributed by atoms with Gasteiger partial charge in [-0.2, -0.15) is 8.78 Å². The van der Waals surface area contributed by atoms with E-state index >= 15 is 0 Å². The number of halogens is 4. The van der Waals surface area contributed by atoms with Crippen LogP contribution >= 0.6 is 0 Å². The first-order valence-electron chi connectivity index (χ1n) is 8.61. The van der Waals surface area contributed by atoms with E-state index < -0.39 is 18.2 Å². The van der Waals surface area contributed by atoms with Gasteiger partial charge in [-0.15, -0.1) is 0 Å². The number of nitrogens with one attached hydrogen (secondary N) is 1. The summed E-state index contributed by atoms with van der Waals surface area (Å²) in [7, 11) is 0. The van der Waals surface area contributed by atoms with Crippen molar-refractivity contribution in [2.45, 2.75) is 26.0 Å². The fraction of sp³-hybridized carbons (Fsp3) is 0.200. The molecule has 3 rings (SSSR count). The highest BCUT2D eigenvalue weighted by atomic mass is 19.3. The highest BCUT2D eigenvalue weighted by Crippen LogP contribution is 2.24. The zero-order chi connectivity index (χ0) is 20.8. The van der Waals surface area contributed by atoms with Crippen molar-refractivity contribution in [3.63, 3.8) is 0 Å². The minimum atomic E-state index is -2.89. The summed E-state index contributed by atoms with van der Waals surface area (Å²) in [5, 5.41) is 2.68. The molecule has 0 saturated carbocycles. The summed E-state index contributed by atoms with van der Waals surface area (Å²) in [6, 6.07) is 9.01. The molecule has 0 atom stereocenters. The average molecular weight is 408 g/mol. The van der Waals surface area contributed by atoms with Crippen molar-refractivity contribution in [2.75, 3.05) is 0 Å². The Labute approximate surface area is 163 Å². The number of alkyl halides is 2. The molecule has 0 aliphatic carbocycles. The molecule has 0 spiro atoms. The third-order valence-corrected chi connectivity index (χ3v) is 3.95. The number of aryl methyl sites for hydroxylation is 1. The van der Waals surface area contributed by atoms with Crippen molar-refractivity contribution in [3.8, 4) is 17.1 Å². The number of amides is 1. The summed E-state index contributed by atoms with van der Waals surface area (Å²) in [6.45, 7) is -2.68. The van der Waals surface area contributed by atoms with E-state index in [0.717, 1.165) is 12.1 Å². The van der Waals surface area contributed by atoms with Crippen LogP contribution in [0.15, 0.2) is 53.1 Å². The summed E-state index contributed by atoms with van der Waals surface area (Å²) in [5.41, 5.74) is 0.791. The quantitative estimate of drug-likeness (QED) is 0.559. The maximum atomic E-state index is 13.8. The number of carbonyl (C=O) groups is 1. The van der Waals surface area contributed by atoms with E-state index in [2.05, 4.69) is 15.0 Å². The van der Waals surface area contributed by atoms with Gasteiger partial charge in [-0.05, 0) is 29.8 Å². The summed E-state index contributed by atoms with van der Waals surface area (Å²) >= 11 is 0. The predicted molar refractivity (Wildman–Crippen MR) is 95.1 cm³/mol. The Morgan fingerprint density at radius 1 is 1.14 bits per heavy atom. The van der Waals surface area contributed by atoms with Crippen LogP contribution in [-0.4, -0.2) is 17.5 Å². The second-order valence-corrected chi connectivity index (χ2v) is 6.04. The number of hydrogen-bond acceptors (Lipinski definition) is 4. The van der Waals surface area contributed by atoms with E-state index in [-0.39, 0.29) is 48.3 Å². The lowest BCUT2D eigenvalue weighted by Crippen LogP contribution is -2.23. The van der Waals surface area contributed by atoms with Gasteiger partial charge in [-0.1, -0.05) is 12.1 Å². The summed E-state index contributed by atoms with van der Waals surface area (Å²) in [5.74, 6) is -1.32. The van der Waals surface area contributed by atoms with Gasteiger partial charge in [-0.25, -0.2) is 13.8 Å². The van der Waals surface area contributed by atoms with Gasteiger partial charge in [0.15, 0.2) is 11.7 Å². The first-order chi connectivity index (χ1) is 13.9. The predicted octanol–water partition coefficient (Wildman–Crippen LogP) is 4.47. The zero-order valence-electron chi connectivity index (χ0n) is 15.0. The largest absolute Gasteiger partial charge is 0.441 e. The maximum absolute atomic E-state index is 13.8. The third-order valence-electron chi connectivity index (χ3n) is 3.95. The molecule has 0 fully saturated rings. The van der Waals surface area contributed by atoms with Crippen molar-refractivity contribution in [1.29, 1.82) is 0 Å². The minimum Gasteiger partial charge on any atom is -0.441 e. The fourth-order valence-corrected chi connectivity index (χ4v) is 2.54. The van der Waals surface area contributed by atoms with E-state index in [1.165, 1.54) is 24.4 Å². The van der Waals surface area contributed by atoms with Gasteiger partial charge in [0.2, 0.25) is 5.91 Å². The van der Waals surface area contributed by atoms with Crippen molar-refractivity contribution >= 4 is 5.91 Å². The van der Waals surface area contributed by atoms with Crippen LogP contribution in [0.25, 0.3) is 11.3 Å². The van der Waals surface area contributed by atoms with Crippen molar-refractivity contribution in [1.82, 2.24) is 10.3 Å². The highest BCUT2D eigenvalue weighted by Gasteiger charge is 2.13. The zero-order valence-corrected chi connectivity index (χ0v) is 15.0. The molecule has 0 aliphatic rings. The van der Waals surface area contributed by atoms with Crippen LogP contribution in [0.4, 0.5) is 17.6 Å². The Balaban J connectivity index is 1.48. The maximum Gasteiger partial charge on any atom is 0.387 e. The molecule has 1 amide bonds. The van der Waals surface area contributed by atoms with E-state index in [9.17, 15) is 22.4 Å². The van der Waals surface area contributed by atoms with Crippen LogP contribution in [0.3, 0.4) is 0 Å². The molecule has 152 valence electrons. The van der Waals surface area contributed by atoms with E-state index in [0.29, 0.717) is 5.56 Å². The topological polar surface area (TPSA) is 64.4 Å². The molecule has 9 heteroatoms. The van der Waals surface area contributed by atoms with Gasteiger partial charge < -0.3 is 14.5 Å². The molecule has 0 bridgehead atoms.